The summed E-state index contributed by atoms with van der Waals surface area (Å²) in [5, 5.41) is 3.35. The summed E-state index contributed by atoms with van der Waals surface area (Å²) in [4.78, 5) is 0. The lowest BCUT2D eigenvalue weighted by molar-refractivity contribution is 0.124. The molecule has 0 saturated heterocycles. The van der Waals surface area contributed by atoms with E-state index in [2.05, 4.69) is 12.2 Å². The minimum absolute atomic E-state index is 0.113. The summed E-state index contributed by atoms with van der Waals surface area (Å²) >= 11 is 0. The lowest BCUT2D eigenvalue weighted by Crippen LogP contribution is -2.22. The number of benzene rings is 1. The van der Waals surface area contributed by atoms with Crippen molar-refractivity contribution in [2.45, 2.75) is 32.7 Å². The van der Waals surface area contributed by atoms with Crippen molar-refractivity contribution in [1.29, 1.82) is 0 Å². The van der Waals surface area contributed by atoms with Crippen LogP contribution in [0.5, 0.6) is 5.75 Å². The Labute approximate surface area is 115 Å². The average Bonchev–Trinajstić information content (AvgIpc) is 2.42. The lowest BCUT2D eigenvalue weighted by Gasteiger charge is -2.19. The summed E-state index contributed by atoms with van der Waals surface area (Å²) in [7, 11) is 1.47. The summed E-state index contributed by atoms with van der Waals surface area (Å²) in [6.07, 6.45) is 1.85. The molecule has 1 aromatic carbocycles. The van der Waals surface area contributed by atoms with Gasteiger partial charge in [0.1, 0.15) is 0 Å². The van der Waals surface area contributed by atoms with Gasteiger partial charge in [0, 0.05) is 19.3 Å². The SMILES string of the molecule is CCCOCCC(NCC)c1ccc(OC)c(F)c1. The number of nitrogens with one attached hydrogen (secondary N) is 1. The average molecular weight is 269 g/mol. The molecular formula is C15H24FNO2. The molecule has 0 spiro atoms. The smallest absolute Gasteiger partial charge is 0.165 e. The molecule has 0 saturated carbocycles. The predicted molar refractivity (Wildman–Crippen MR) is 75.1 cm³/mol. The molecule has 0 heterocycles. The molecule has 108 valence electrons. The molecule has 19 heavy (non-hydrogen) atoms. The van der Waals surface area contributed by atoms with Gasteiger partial charge in [-0.3, -0.25) is 0 Å². The van der Waals surface area contributed by atoms with E-state index in [-0.39, 0.29) is 17.6 Å². The van der Waals surface area contributed by atoms with Gasteiger partial charge in [0.15, 0.2) is 11.6 Å². The molecule has 1 aromatic rings. The fraction of sp³-hybridized carbons (Fsp3) is 0.600. The zero-order valence-electron chi connectivity index (χ0n) is 12.0. The maximum absolute atomic E-state index is 13.7. The van der Waals surface area contributed by atoms with E-state index in [0.717, 1.165) is 31.6 Å². The van der Waals surface area contributed by atoms with Gasteiger partial charge in [0.2, 0.25) is 0 Å². The first-order valence-corrected chi connectivity index (χ1v) is 6.87. The summed E-state index contributed by atoms with van der Waals surface area (Å²) in [6.45, 7) is 6.42. The highest BCUT2D eigenvalue weighted by atomic mass is 19.1. The highest BCUT2D eigenvalue weighted by Gasteiger charge is 2.13. The molecule has 1 rings (SSSR count). The predicted octanol–water partition coefficient (Wildman–Crippen LogP) is 3.30. The maximum atomic E-state index is 13.7. The highest BCUT2D eigenvalue weighted by molar-refractivity contribution is 5.31. The monoisotopic (exact) mass is 269 g/mol. The number of hydrogen-bond acceptors (Lipinski definition) is 3. The van der Waals surface area contributed by atoms with E-state index in [1.165, 1.54) is 13.2 Å². The minimum Gasteiger partial charge on any atom is -0.494 e. The van der Waals surface area contributed by atoms with Crippen molar-refractivity contribution in [1.82, 2.24) is 5.32 Å². The third-order valence-electron chi connectivity index (χ3n) is 2.93. The van der Waals surface area contributed by atoms with Gasteiger partial charge in [-0.1, -0.05) is 19.9 Å². The van der Waals surface area contributed by atoms with Crippen molar-refractivity contribution < 1.29 is 13.9 Å². The van der Waals surface area contributed by atoms with Gasteiger partial charge in [0.05, 0.1) is 7.11 Å². The van der Waals surface area contributed by atoms with Crippen LogP contribution in [0.3, 0.4) is 0 Å². The molecule has 1 atom stereocenters. The third-order valence-corrected chi connectivity index (χ3v) is 2.93. The number of methoxy groups -OCH3 is 1. The van der Waals surface area contributed by atoms with Gasteiger partial charge >= 0.3 is 0 Å². The summed E-state index contributed by atoms with van der Waals surface area (Å²) in [6, 6.07) is 5.21. The Hall–Kier alpha value is -1.13. The number of halogens is 1. The van der Waals surface area contributed by atoms with E-state index in [1.807, 2.05) is 13.0 Å². The Morgan fingerprint density at radius 3 is 2.63 bits per heavy atom. The van der Waals surface area contributed by atoms with Crippen LogP contribution in [0.4, 0.5) is 4.39 Å². The Bertz CT molecular complexity index is 371. The van der Waals surface area contributed by atoms with Gasteiger partial charge in [-0.05, 0) is 37.1 Å². The van der Waals surface area contributed by atoms with Gasteiger partial charge in [-0.25, -0.2) is 4.39 Å². The Morgan fingerprint density at radius 1 is 1.26 bits per heavy atom. The van der Waals surface area contributed by atoms with Crippen molar-refractivity contribution in [3.8, 4) is 5.75 Å². The first-order valence-electron chi connectivity index (χ1n) is 6.87. The molecular weight excluding hydrogens is 245 g/mol. The van der Waals surface area contributed by atoms with E-state index < -0.39 is 0 Å². The molecule has 0 aromatic heterocycles. The molecule has 4 heteroatoms. The fourth-order valence-electron chi connectivity index (χ4n) is 1.98. The van der Waals surface area contributed by atoms with Crippen LogP contribution in [0, 0.1) is 5.82 Å². The van der Waals surface area contributed by atoms with E-state index in [0.29, 0.717) is 6.61 Å². The number of ether oxygens (including phenoxy) is 2. The van der Waals surface area contributed by atoms with Gasteiger partial charge in [-0.2, -0.15) is 0 Å². The first-order chi connectivity index (χ1) is 9.22. The highest BCUT2D eigenvalue weighted by Crippen LogP contribution is 2.23. The fourth-order valence-corrected chi connectivity index (χ4v) is 1.98. The Kier molecular flexibility index (Phi) is 7.45. The molecule has 0 aliphatic heterocycles. The van der Waals surface area contributed by atoms with Crippen LogP contribution in [0.1, 0.15) is 38.3 Å². The van der Waals surface area contributed by atoms with E-state index in [1.54, 1.807) is 6.07 Å². The topological polar surface area (TPSA) is 30.5 Å². The quantitative estimate of drug-likeness (QED) is 0.698. The second-order valence-corrected chi connectivity index (χ2v) is 4.41. The zero-order chi connectivity index (χ0) is 14.1. The molecule has 0 aliphatic carbocycles. The summed E-state index contributed by atoms with van der Waals surface area (Å²) < 4.78 is 24.1. The van der Waals surface area contributed by atoms with Crippen LogP contribution in [0.15, 0.2) is 18.2 Å². The van der Waals surface area contributed by atoms with Crippen molar-refractivity contribution in [3.05, 3.63) is 29.6 Å². The van der Waals surface area contributed by atoms with Crippen molar-refractivity contribution in [2.24, 2.45) is 0 Å². The second kappa shape index (κ2) is 8.88. The van der Waals surface area contributed by atoms with Crippen molar-refractivity contribution in [3.63, 3.8) is 0 Å². The number of hydrogen-bond donors (Lipinski definition) is 1. The Balaban J connectivity index is 2.66. The standard InChI is InChI=1S/C15H24FNO2/c1-4-9-19-10-8-14(17-5-2)12-6-7-15(18-3)13(16)11-12/h6-7,11,14,17H,4-5,8-10H2,1-3H3. The van der Waals surface area contributed by atoms with Gasteiger partial charge < -0.3 is 14.8 Å². The zero-order valence-corrected chi connectivity index (χ0v) is 12.0. The molecule has 1 N–H and O–H groups in total. The van der Waals surface area contributed by atoms with Gasteiger partial charge in [0.25, 0.3) is 0 Å². The van der Waals surface area contributed by atoms with Crippen LogP contribution in [-0.2, 0) is 4.74 Å². The van der Waals surface area contributed by atoms with Crippen LogP contribution < -0.4 is 10.1 Å². The first kappa shape index (κ1) is 15.9. The molecule has 0 aliphatic rings. The molecule has 0 fully saturated rings. The van der Waals surface area contributed by atoms with E-state index >= 15 is 0 Å². The van der Waals surface area contributed by atoms with Crippen molar-refractivity contribution >= 4 is 0 Å². The molecule has 1 unspecified atom stereocenters. The van der Waals surface area contributed by atoms with Crippen LogP contribution in [-0.4, -0.2) is 26.9 Å². The van der Waals surface area contributed by atoms with Crippen LogP contribution >= 0.6 is 0 Å². The molecule has 0 amide bonds. The summed E-state index contributed by atoms with van der Waals surface area (Å²) in [5.74, 6) is -0.0430. The second-order valence-electron chi connectivity index (χ2n) is 4.41. The van der Waals surface area contributed by atoms with E-state index in [4.69, 9.17) is 9.47 Å². The lowest BCUT2D eigenvalue weighted by atomic mass is 10.0. The molecule has 0 bridgehead atoms. The van der Waals surface area contributed by atoms with Crippen molar-refractivity contribution in [2.75, 3.05) is 26.9 Å². The largest absolute Gasteiger partial charge is 0.494 e. The normalized spacial score (nSPS) is 12.4. The third kappa shape index (κ3) is 5.17. The molecule has 3 nitrogen and oxygen atoms in total. The molecule has 0 radical (unpaired) electrons. The Morgan fingerprint density at radius 2 is 2.05 bits per heavy atom. The van der Waals surface area contributed by atoms with Gasteiger partial charge in [-0.15, -0.1) is 0 Å². The minimum atomic E-state index is -0.322. The summed E-state index contributed by atoms with van der Waals surface area (Å²) in [5.41, 5.74) is 0.931. The van der Waals surface area contributed by atoms with E-state index in [9.17, 15) is 4.39 Å². The number of rotatable bonds is 9. The maximum Gasteiger partial charge on any atom is 0.165 e. The van der Waals surface area contributed by atoms with Crippen LogP contribution in [0.2, 0.25) is 0 Å². The van der Waals surface area contributed by atoms with Crippen LogP contribution in [0.25, 0.3) is 0 Å².